The van der Waals surface area contributed by atoms with E-state index in [9.17, 15) is 0 Å². The number of aryl methyl sites for hydroxylation is 1. The molecule has 0 fully saturated rings. The normalized spacial score (nSPS) is 9.53. The van der Waals surface area contributed by atoms with E-state index in [2.05, 4.69) is 32.0 Å². The fourth-order valence-electron chi connectivity index (χ4n) is 1.54. The van der Waals surface area contributed by atoms with Crippen LogP contribution in [0.4, 0.5) is 0 Å². The van der Waals surface area contributed by atoms with E-state index in [0.717, 1.165) is 17.0 Å². The lowest BCUT2D eigenvalue weighted by atomic mass is 10.2. The highest BCUT2D eigenvalue weighted by Gasteiger charge is 1.97. The van der Waals surface area contributed by atoms with E-state index in [-0.39, 0.29) is 0 Å². The topological polar surface area (TPSA) is 36.0 Å². The number of nitrogens with one attached hydrogen (secondary N) is 1. The van der Waals surface area contributed by atoms with Crippen LogP contribution in [0.1, 0.15) is 18.2 Å². The van der Waals surface area contributed by atoms with Crippen LogP contribution in [0.5, 0.6) is 5.75 Å². The Labute approximate surface area is 102 Å². The van der Waals surface area contributed by atoms with Crippen molar-refractivity contribution in [3.05, 3.63) is 52.2 Å². The predicted molar refractivity (Wildman–Crippen MR) is 73.3 cm³/mol. The lowest BCUT2D eigenvalue weighted by Crippen LogP contribution is -2.19. The molecular formula is C15H19NO. The van der Waals surface area contributed by atoms with Crippen LogP contribution in [0.3, 0.4) is 0 Å². The molecule has 17 heavy (non-hydrogen) atoms. The van der Waals surface area contributed by atoms with Gasteiger partial charge in [-0.1, -0.05) is 38.3 Å². The molecule has 0 saturated heterocycles. The van der Waals surface area contributed by atoms with Crippen LogP contribution in [0, 0.1) is 6.92 Å². The zero-order chi connectivity index (χ0) is 12.8. The Bertz CT molecular complexity index is 555. The third-order valence-electron chi connectivity index (χ3n) is 2.68. The third-order valence-corrected chi connectivity index (χ3v) is 2.68. The molecule has 1 aromatic heterocycles. The molecule has 0 aliphatic rings. The van der Waals surface area contributed by atoms with Gasteiger partial charge in [0.05, 0.1) is 0 Å². The first-order chi connectivity index (χ1) is 8.06. The summed E-state index contributed by atoms with van der Waals surface area (Å²) in [6.07, 6.45) is 1.03. The van der Waals surface area contributed by atoms with E-state index in [1.54, 1.807) is 24.3 Å². The fraction of sp³-hybridized carbons (Fsp3) is 0.200. The second kappa shape index (κ2) is 5.94. The predicted octanol–water partition coefficient (Wildman–Crippen LogP) is 2.10. The minimum absolute atomic E-state index is 0.322. The molecule has 1 heterocycles. The summed E-state index contributed by atoms with van der Waals surface area (Å²) in [5, 5.41) is 10.6. The zero-order valence-corrected chi connectivity index (χ0v) is 10.5. The first-order valence-electron chi connectivity index (χ1n) is 5.65. The smallest absolute Gasteiger partial charge is 0.115 e. The Morgan fingerprint density at radius 2 is 1.76 bits per heavy atom. The van der Waals surface area contributed by atoms with E-state index in [1.165, 1.54) is 11.3 Å². The first kappa shape index (κ1) is 13.1. The summed E-state index contributed by atoms with van der Waals surface area (Å²) in [5.41, 5.74) is 2.52. The van der Waals surface area contributed by atoms with Gasteiger partial charge in [-0.05, 0) is 36.3 Å². The molecule has 0 atom stereocenters. The monoisotopic (exact) mass is 229 g/mol. The van der Waals surface area contributed by atoms with E-state index in [1.807, 2.05) is 6.07 Å². The molecule has 0 spiro atoms. The van der Waals surface area contributed by atoms with Crippen LogP contribution >= 0.6 is 0 Å². The number of phenolic OH excluding ortho intramolecular Hbond substituents is 1. The van der Waals surface area contributed by atoms with Crippen LogP contribution in [-0.2, 0) is 6.42 Å². The summed E-state index contributed by atoms with van der Waals surface area (Å²) in [6.45, 7) is 11.9. The SMILES string of the molecule is C=c1[nH]c(CC)c(C)c1=C.Oc1ccccc1. The van der Waals surface area contributed by atoms with Crippen LogP contribution in [0.2, 0.25) is 0 Å². The van der Waals surface area contributed by atoms with Crippen LogP contribution in [0.15, 0.2) is 30.3 Å². The van der Waals surface area contributed by atoms with Crippen LogP contribution < -0.4 is 10.6 Å². The molecule has 2 rings (SSSR count). The van der Waals surface area contributed by atoms with Gasteiger partial charge in [0.15, 0.2) is 0 Å². The second-order valence-electron chi connectivity index (χ2n) is 3.87. The van der Waals surface area contributed by atoms with Gasteiger partial charge in [0.1, 0.15) is 5.75 Å². The molecule has 1 aromatic carbocycles. The lowest BCUT2D eigenvalue weighted by molar-refractivity contribution is 0.475. The first-order valence-corrected chi connectivity index (χ1v) is 5.65. The standard InChI is InChI=1S/C9H13N.C6H6O/c1-5-9-7(3)6(2)8(4)10-9;7-6-4-2-1-3-5-6/h10H,2,4-5H2,1,3H3;1-5,7H. The molecule has 0 aliphatic heterocycles. The van der Waals surface area contributed by atoms with Gasteiger partial charge in [-0.25, -0.2) is 0 Å². The van der Waals surface area contributed by atoms with Crippen molar-refractivity contribution >= 4 is 13.2 Å². The molecule has 2 N–H and O–H groups in total. The molecule has 0 aliphatic carbocycles. The number of phenols is 1. The van der Waals surface area contributed by atoms with E-state index in [0.29, 0.717) is 5.75 Å². The molecule has 0 bridgehead atoms. The highest BCUT2D eigenvalue weighted by Crippen LogP contribution is 2.02. The van der Waals surface area contributed by atoms with Gasteiger partial charge in [-0.3, -0.25) is 0 Å². The Morgan fingerprint density at radius 3 is 2.00 bits per heavy atom. The second-order valence-corrected chi connectivity index (χ2v) is 3.87. The van der Waals surface area contributed by atoms with Gasteiger partial charge in [-0.2, -0.15) is 0 Å². The average molecular weight is 229 g/mol. The Kier molecular flexibility index (Phi) is 4.58. The van der Waals surface area contributed by atoms with Gasteiger partial charge < -0.3 is 10.1 Å². The molecule has 2 nitrogen and oxygen atoms in total. The quantitative estimate of drug-likeness (QED) is 0.772. The Morgan fingerprint density at radius 1 is 1.18 bits per heavy atom. The van der Waals surface area contributed by atoms with Crippen molar-refractivity contribution in [1.82, 2.24) is 4.98 Å². The maximum Gasteiger partial charge on any atom is 0.115 e. The molecule has 2 aromatic rings. The summed E-state index contributed by atoms with van der Waals surface area (Å²) in [6, 6.07) is 8.71. The number of aromatic nitrogens is 1. The summed E-state index contributed by atoms with van der Waals surface area (Å²) >= 11 is 0. The summed E-state index contributed by atoms with van der Waals surface area (Å²) in [7, 11) is 0. The van der Waals surface area contributed by atoms with Crippen LogP contribution in [-0.4, -0.2) is 10.1 Å². The van der Waals surface area contributed by atoms with Crippen molar-refractivity contribution in [2.45, 2.75) is 20.3 Å². The number of H-pyrrole nitrogens is 1. The summed E-state index contributed by atoms with van der Waals surface area (Å²) in [5.74, 6) is 0.322. The number of hydrogen-bond acceptors (Lipinski definition) is 1. The zero-order valence-electron chi connectivity index (χ0n) is 10.5. The van der Waals surface area contributed by atoms with E-state index >= 15 is 0 Å². The minimum atomic E-state index is 0.322. The maximum atomic E-state index is 8.63. The maximum absolute atomic E-state index is 8.63. The molecule has 0 unspecified atom stereocenters. The summed E-state index contributed by atoms with van der Waals surface area (Å²) in [4.78, 5) is 3.19. The van der Waals surface area contributed by atoms with Crippen molar-refractivity contribution in [3.8, 4) is 5.75 Å². The van der Waals surface area contributed by atoms with Crippen LogP contribution in [0.25, 0.3) is 13.2 Å². The number of rotatable bonds is 1. The molecule has 2 heteroatoms. The molecule has 90 valence electrons. The van der Waals surface area contributed by atoms with Crippen molar-refractivity contribution in [1.29, 1.82) is 0 Å². The van der Waals surface area contributed by atoms with Gasteiger partial charge in [0.25, 0.3) is 0 Å². The molecule has 0 radical (unpaired) electrons. The van der Waals surface area contributed by atoms with Gasteiger partial charge >= 0.3 is 0 Å². The highest BCUT2D eigenvalue weighted by molar-refractivity contribution is 5.26. The number of aromatic amines is 1. The van der Waals surface area contributed by atoms with E-state index < -0.39 is 0 Å². The van der Waals surface area contributed by atoms with Gasteiger partial charge in [0.2, 0.25) is 0 Å². The van der Waals surface area contributed by atoms with Crippen molar-refractivity contribution in [3.63, 3.8) is 0 Å². The van der Waals surface area contributed by atoms with Gasteiger partial charge in [-0.15, -0.1) is 0 Å². The fourth-order valence-corrected chi connectivity index (χ4v) is 1.54. The van der Waals surface area contributed by atoms with E-state index in [4.69, 9.17) is 5.11 Å². The largest absolute Gasteiger partial charge is 0.508 e. The Balaban J connectivity index is 0.000000181. The number of para-hydroxylation sites is 1. The highest BCUT2D eigenvalue weighted by atomic mass is 16.3. The van der Waals surface area contributed by atoms with Crippen molar-refractivity contribution in [2.24, 2.45) is 0 Å². The third kappa shape index (κ3) is 3.52. The molecule has 0 saturated carbocycles. The van der Waals surface area contributed by atoms with Crippen molar-refractivity contribution < 1.29 is 5.11 Å². The summed E-state index contributed by atoms with van der Waals surface area (Å²) < 4.78 is 0. The lowest BCUT2D eigenvalue weighted by Gasteiger charge is -1.89. The average Bonchev–Trinajstić information content (AvgIpc) is 2.58. The molecular weight excluding hydrogens is 210 g/mol. The Hall–Kier alpha value is -1.96. The number of hydrogen-bond donors (Lipinski definition) is 2. The molecule has 0 amide bonds. The number of benzene rings is 1. The van der Waals surface area contributed by atoms with Crippen molar-refractivity contribution in [2.75, 3.05) is 0 Å². The van der Waals surface area contributed by atoms with Gasteiger partial charge in [0, 0.05) is 11.0 Å². The number of aromatic hydroxyl groups is 1. The minimum Gasteiger partial charge on any atom is -0.508 e.